The molecule has 2 aromatic rings. The summed E-state index contributed by atoms with van der Waals surface area (Å²) in [7, 11) is 0. The molecule has 1 heterocycles. The monoisotopic (exact) mass is 366 g/mol. The predicted octanol–water partition coefficient (Wildman–Crippen LogP) is 3.17. The third-order valence-electron chi connectivity index (χ3n) is 2.63. The number of nitrogens with zero attached hydrogens (tertiary/aromatic N) is 2. The average molecular weight is 367 g/mol. The van der Waals surface area contributed by atoms with Crippen molar-refractivity contribution in [3.63, 3.8) is 0 Å². The molecule has 21 heavy (non-hydrogen) atoms. The lowest BCUT2D eigenvalue weighted by molar-refractivity contribution is -0.113. The molecule has 0 aliphatic rings. The molecule has 1 aromatic heterocycles. The molecule has 1 amide bonds. The first-order chi connectivity index (χ1) is 9.94. The molecule has 0 saturated carbocycles. The van der Waals surface area contributed by atoms with Gasteiger partial charge in [-0.3, -0.25) is 4.79 Å². The van der Waals surface area contributed by atoms with E-state index in [0.717, 1.165) is 21.4 Å². The van der Waals surface area contributed by atoms with Crippen LogP contribution in [-0.2, 0) is 4.79 Å². The summed E-state index contributed by atoms with van der Waals surface area (Å²) in [5.74, 6) is 0.539. The molecule has 0 spiro atoms. The maximum atomic E-state index is 11.9. The van der Waals surface area contributed by atoms with Gasteiger partial charge < -0.3 is 11.1 Å². The van der Waals surface area contributed by atoms with Crippen LogP contribution < -0.4 is 11.1 Å². The van der Waals surface area contributed by atoms with Crippen LogP contribution in [0.4, 0.5) is 11.5 Å². The number of anilines is 2. The van der Waals surface area contributed by atoms with Crippen LogP contribution in [-0.4, -0.2) is 21.6 Å². The second-order valence-corrected chi connectivity index (χ2v) is 6.31. The number of rotatable bonds is 4. The number of aryl methyl sites for hydroxylation is 2. The van der Waals surface area contributed by atoms with Crippen LogP contribution in [0.5, 0.6) is 0 Å². The van der Waals surface area contributed by atoms with Crippen molar-refractivity contribution in [3.8, 4) is 0 Å². The normalized spacial score (nSPS) is 10.4. The molecule has 0 unspecified atom stereocenters. The van der Waals surface area contributed by atoms with Gasteiger partial charge in [-0.05, 0) is 37.6 Å². The maximum Gasteiger partial charge on any atom is 0.234 e. The number of aromatic nitrogens is 2. The quantitative estimate of drug-likeness (QED) is 0.641. The van der Waals surface area contributed by atoms with Crippen LogP contribution >= 0.6 is 27.7 Å². The number of carbonyl (C=O) groups is 1. The largest absolute Gasteiger partial charge is 0.384 e. The Kier molecular flexibility index (Phi) is 5.19. The molecule has 0 radical (unpaired) electrons. The van der Waals surface area contributed by atoms with Gasteiger partial charge in [-0.2, -0.15) is 0 Å². The lowest BCUT2D eigenvalue weighted by Crippen LogP contribution is -2.14. The highest BCUT2D eigenvalue weighted by atomic mass is 79.9. The van der Waals surface area contributed by atoms with E-state index in [4.69, 9.17) is 5.73 Å². The van der Waals surface area contributed by atoms with Gasteiger partial charge in [0.25, 0.3) is 0 Å². The lowest BCUT2D eigenvalue weighted by atomic mass is 10.2. The first-order valence-corrected chi connectivity index (χ1v) is 8.02. The first-order valence-electron chi connectivity index (χ1n) is 6.24. The van der Waals surface area contributed by atoms with Crippen molar-refractivity contribution in [2.75, 3.05) is 16.8 Å². The number of nitrogen functional groups attached to an aromatic ring is 1. The third kappa shape index (κ3) is 4.71. The van der Waals surface area contributed by atoms with E-state index in [2.05, 4.69) is 31.2 Å². The van der Waals surface area contributed by atoms with Crippen LogP contribution in [0.25, 0.3) is 0 Å². The van der Waals surface area contributed by atoms with Crippen LogP contribution in [0.1, 0.15) is 11.3 Å². The molecular weight excluding hydrogens is 352 g/mol. The highest BCUT2D eigenvalue weighted by Gasteiger charge is 2.07. The van der Waals surface area contributed by atoms with Crippen LogP contribution in [0, 0.1) is 13.8 Å². The van der Waals surface area contributed by atoms with Crippen molar-refractivity contribution < 1.29 is 4.79 Å². The van der Waals surface area contributed by atoms with Gasteiger partial charge in [-0.25, -0.2) is 9.97 Å². The second-order valence-electron chi connectivity index (χ2n) is 4.52. The Hall–Kier alpha value is -1.60. The van der Waals surface area contributed by atoms with Crippen molar-refractivity contribution in [3.05, 3.63) is 40.0 Å². The molecule has 0 bridgehead atoms. The average Bonchev–Trinajstić information content (AvgIpc) is 2.40. The minimum atomic E-state index is -0.106. The van der Waals surface area contributed by atoms with Crippen LogP contribution in [0.2, 0.25) is 0 Å². The Morgan fingerprint density at radius 3 is 2.76 bits per heavy atom. The fourth-order valence-electron chi connectivity index (χ4n) is 1.68. The fraction of sp³-hybridized carbons (Fsp3) is 0.214. The Bertz CT molecular complexity index is 658. The van der Waals surface area contributed by atoms with Gasteiger partial charge in [0.05, 0.1) is 5.75 Å². The Morgan fingerprint density at radius 2 is 2.10 bits per heavy atom. The summed E-state index contributed by atoms with van der Waals surface area (Å²) in [6.45, 7) is 3.81. The number of carbonyl (C=O) groups excluding carboxylic acids is 1. The summed E-state index contributed by atoms with van der Waals surface area (Å²) in [5, 5.41) is 3.35. The maximum absolute atomic E-state index is 11.9. The van der Waals surface area contributed by atoms with Crippen LogP contribution in [0.15, 0.2) is 33.9 Å². The third-order valence-corrected chi connectivity index (χ3v) is 4.36. The minimum Gasteiger partial charge on any atom is -0.384 e. The highest BCUT2D eigenvalue weighted by molar-refractivity contribution is 9.10. The van der Waals surface area contributed by atoms with Gasteiger partial charge in [0.1, 0.15) is 5.82 Å². The lowest BCUT2D eigenvalue weighted by Gasteiger charge is -2.07. The SMILES string of the molecule is Cc1cc(N)nc(SCC(=O)Nc2ccc(Br)c(C)c2)n1. The molecule has 3 N–H and O–H groups in total. The van der Waals surface area contributed by atoms with Crippen molar-refractivity contribution in [1.29, 1.82) is 0 Å². The van der Waals surface area contributed by atoms with Crippen molar-refractivity contribution in [1.82, 2.24) is 9.97 Å². The van der Waals surface area contributed by atoms with E-state index in [0.29, 0.717) is 11.0 Å². The van der Waals surface area contributed by atoms with E-state index in [1.807, 2.05) is 32.0 Å². The predicted molar refractivity (Wildman–Crippen MR) is 89.4 cm³/mol. The van der Waals surface area contributed by atoms with Crippen molar-refractivity contribution in [2.45, 2.75) is 19.0 Å². The summed E-state index contributed by atoms with van der Waals surface area (Å²) >= 11 is 4.69. The highest BCUT2D eigenvalue weighted by Crippen LogP contribution is 2.21. The van der Waals surface area contributed by atoms with E-state index in [9.17, 15) is 4.79 Å². The van der Waals surface area contributed by atoms with Gasteiger partial charge in [0.2, 0.25) is 5.91 Å². The summed E-state index contributed by atoms with van der Waals surface area (Å²) in [6.07, 6.45) is 0. The van der Waals surface area contributed by atoms with Gasteiger partial charge >= 0.3 is 0 Å². The number of benzene rings is 1. The van der Waals surface area contributed by atoms with Gasteiger partial charge in [0, 0.05) is 21.9 Å². The number of hydrogen-bond donors (Lipinski definition) is 2. The number of hydrogen-bond acceptors (Lipinski definition) is 5. The Balaban J connectivity index is 1.94. The smallest absolute Gasteiger partial charge is 0.234 e. The molecule has 0 saturated heterocycles. The molecule has 1 aromatic carbocycles. The standard InChI is InChI=1S/C14H15BrN4OS/c1-8-5-10(3-4-11(8)15)18-13(20)7-21-14-17-9(2)6-12(16)19-14/h3-6H,7H2,1-2H3,(H,18,20)(H2,16,17,19). The Labute approximate surface area is 135 Å². The molecule has 0 aliphatic carbocycles. The minimum absolute atomic E-state index is 0.106. The first kappa shape index (κ1) is 15.8. The fourth-order valence-corrected chi connectivity index (χ4v) is 2.64. The zero-order chi connectivity index (χ0) is 15.4. The van der Waals surface area contributed by atoms with Gasteiger partial charge in [0.15, 0.2) is 5.16 Å². The van der Waals surface area contributed by atoms with Crippen molar-refractivity contribution in [2.24, 2.45) is 0 Å². The summed E-state index contributed by atoms with van der Waals surface area (Å²) in [6, 6.07) is 7.35. The topological polar surface area (TPSA) is 80.9 Å². The van der Waals surface area contributed by atoms with E-state index in [1.54, 1.807) is 6.07 Å². The van der Waals surface area contributed by atoms with E-state index >= 15 is 0 Å². The van der Waals surface area contributed by atoms with E-state index < -0.39 is 0 Å². The van der Waals surface area contributed by atoms with Gasteiger partial charge in [-0.1, -0.05) is 27.7 Å². The number of thioether (sulfide) groups is 1. The Morgan fingerprint density at radius 1 is 1.33 bits per heavy atom. The van der Waals surface area contributed by atoms with E-state index in [1.165, 1.54) is 11.8 Å². The molecule has 0 atom stereocenters. The van der Waals surface area contributed by atoms with Crippen LogP contribution in [0.3, 0.4) is 0 Å². The summed E-state index contributed by atoms with van der Waals surface area (Å²) in [4.78, 5) is 20.2. The molecular formula is C14H15BrN4OS. The molecule has 5 nitrogen and oxygen atoms in total. The van der Waals surface area contributed by atoms with Gasteiger partial charge in [-0.15, -0.1) is 0 Å². The zero-order valence-corrected chi connectivity index (χ0v) is 14.1. The molecule has 7 heteroatoms. The number of nitrogens with one attached hydrogen (secondary N) is 1. The molecule has 0 fully saturated rings. The number of halogens is 1. The molecule has 2 rings (SSSR count). The number of nitrogens with two attached hydrogens (primary N) is 1. The van der Waals surface area contributed by atoms with E-state index in [-0.39, 0.29) is 11.7 Å². The summed E-state index contributed by atoms with van der Waals surface area (Å²) in [5.41, 5.74) is 8.27. The molecule has 110 valence electrons. The second kappa shape index (κ2) is 6.91. The number of amides is 1. The summed E-state index contributed by atoms with van der Waals surface area (Å²) < 4.78 is 1.01. The molecule has 0 aliphatic heterocycles. The van der Waals surface area contributed by atoms with Crippen molar-refractivity contribution >= 4 is 45.1 Å². The zero-order valence-electron chi connectivity index (χ0n) is 11.7.